The van der Waals surface area contributed by atoms with Crippen molar-refractivity contribution in [1.29, 1.82) is 0 Å². The van der Waals surface area contributed by atoms with Gasteiger partial charge in [-0.15, -0.1) is 0 Å². The standard InChI is InChI=1S/C25H29ClN4O3/c1-18(19-7-3-2-4-8-19)30-16-20(15-24(30)32)25(33)29-13-11-28(12-14-29)17-23(31)27-22-10-6-5-9-21(22)26/h2-10,18,20H,11-17H2,1H3,(H,27,31). The second-order valence-corrected chi connectivity index (χ2v) is 9.07. The lowest BCUT2D eigenvalue weighted by Gasteiger charge is -2.35. The molecule has 174 valence electrons. The third kappa shape index (κ3) is 5.54. The van der Waals surface area contributed by atoms with Gasteiger partial charge in [0.2, 0.25) is 17.7 Å². The van der Waals surface area contributed by atoms with Gasteiger partial charge in [-0.2, -0.15) is 0 Å². The molecule has 2 atom stereocenters. The maximum atomic E-state index is 13.1. The molecule has 0 spiro atoms. The molecule has 0 radical (unpaired) electrons. The zero-order valence-corrected chi connectivity index (χ0v) is 19.5. The third-order valence-electron chi connectivity index (χ3n) is 6.46. The van der Waals surface area contributed by atoms with Crippen LogP contribution in [0.3, 0.4) is 0 Å². The van der Waals surface area contributed by atoms with Gasteiger partial charge in [-0.1, -0.05) is 54.1 Å². The van der Waals surface area contributed by atoms with Gasteiger partial charge in [-0.3, -0.25) is 19.3 Å². The van der Waals surface area contributed by atoms with E-state index in [4.69, 9.17) is 11.6 Å². The van der Waals surface area contributed by atoms with E-state index in [1.54, 1.807) is 12.1 Å². The van der Waals surface area contributed by atoms with E-state index in [1.165, 1.54) is 0 Å². The van der Waals surface area contributed by atoms with Crippen LogP contribution in [0.1, 0.15) is 24.9 Å². The average Bonchev–Trinajstić information content (AvgIpc) is 3.22. The van der Waals surface area contributed by atoms with Crippen LogP contribution in [-0.4, -0.2) is 71.7 Å². The number of likely N-dealkylation sites (tertiary alicyclic amines) is 1. The molecule has 2 aliphatic rings. The first-order valence-electron chi connectivity index (χ1n) is 11.3. The maximum absolute atomic E-state index is 13.1. The molecule has 2 unspecified atom stereocenters. The first kappa shape index (κ1) is 23.3. The van der Waals surface area contributed by atoms with Crippen LogP contribution in [0.4, 0.5) is 5.69 Å². The van der Waals surface area contributed by atoms with Gasteiger partial charge in [0.15, 0.2) is 0 Å². The van der Waals surface area contributed by atoms with Crippen LogP contribution < -0.4 is 5.32 Å². The Morgan fingerprint density at radius 2 is 1.70 bits per heavy atom. The molecule has 0 aliphatic carbocycles. The summed E-state index contributed by atoms with van der Waals surface area (Å²) < 4.78 is 0. The second-order valence-electron chi connectivity index (χ2n) is 8.66. The SMILES string of the molecule is CC(c1ccccc1)N1CC(C(=O)N2CCN(CC(=O)Nc3ccccc3Cl)CC2)CC1=O. The van der Waals surface area contributed by atoms with Gasteiger partial charge in [0, 0.05) is 39.1 Å². The number of anilines is 1. The Morgan fingerprint density at radius 3 is 2.39 bits per heavy atom. The predicted octanol–water partition coefficient (Wildman–Crippen LogP) is 3.03. The number of piperazine rings is 1. The van der Waals surface area contributed by atoms with E-state index < -0.39 is 0 Å². The predicted molar refractivity (Wildman–Crippen MR) is 128 cm³/mol. The fraction of sp³-hybridized carbons (Fsp3) is 0.400. The van der Waals surface area contributed by atoms with Crippen molar-refractivity contribution in [3.05, 3.63) is 65.2 Å². The topological polar surface area (TPSA) is 73.0 Å². The summed E-state index contributed by atoms with van der Waals surface area (Å²) in [4.78, 5) is 43.8. The zero-order chi connectivity index (χ0) is 23.4. The van der Waals surface area contributed by atoms with E-state index >= 15 is 0 Å². The number of nitrogens with zero attached hydrogens (tertiary/aromatic N) is 3. The van der Waals surface area contributed by atoms with Crippen molar-refractivity contribution in [1.82, 2.24) is 14.7 Å². The number of hydrogen-bond acceptors (Lipinski definition) is 4. The van der Waals surface area contributed by atoms with Gasteiger partial charge in [-0.05, 0) is 24.6 Å². The third-order valence-corrected chi connectivity index (χ3v) is 6.79. The number of halogens is 1. The molecule has 7 nitrogen and oxygen atoms in total. The second kappa shape index (κ2) is 10.4. The summed E-state index contributed by atoms with van der Waals surface area (Å²) in [5, 5.41) is 3.34. The van der Waals surface area contributed by atoms with Crippen LogP contribution in [0, 0.1) is 5.92 Å². The van der Waals surface area contributed by atoms with E-state index in [0.717, 1.165) is 5.56 Å². The number of carbonyl (C=O) groups excluding carboxylic acids is 3. The first-order chi connectivity index (χ1) is 15.9. The summed E-state index contributed by atoms with van der Waals surface area (Å²) >= 11 is 6.10. The van der Waals surface area contributed by atoms with Crippen LogP contribution in [-0.2, 0) is 14.4 Å². The molecule has 2 fully saturated rings. The lowest BCUT2D eigenvalue weighted by Crippen LogP contribution is -2.52. The van der Waals surface area contributed by atoms with Gasteiger partial charge in [-0.25, -0.2) is 0 Å². The van der Waals surface area contributed by atoms with Crippen molar-refractivity contribution >= 4 is 35.0 Å². The first-order valence-corrected chi connectivity index (χ1v) is 11.7. The van der Waals surface area contributed by atoms with E-state index in [0.29, 0.717) is 43.4 Å². The number of nitrogens with one attached hydrogen (secondary N) is 1. The van der Waals surface area contributed by atoms with Gasteiger partial charge >= 0.3 is 0 Å². The number of benzene rings is 2. The molecule has 2 aromatic rings. The minimum absolute atomic E-state index is 0.0274. The van der Waals surface area contributed by atoms with Crippen LogP contribution in [0.25, 0.3) is 0 Å². The van der Waals surface area contributed by atoms with E-state index in [1.807, 2.05) is 64.1 Å². The van der Waals surface area contributed by atoms with Gasteiger partial charge < -0.3 is 15.1 Å². The number of hydrogen-bond donors (Lipinski definition) is 1. The highest BCUT2D eigenvalue weighted by atomic mass is 35.5. The van der Waals surface area contributed by atoms with Gasteiger partial charge in [0.1, 0.15) is 0 Å². The number of amides is 3. The Bertz CT molecular complexity index is 1010. The Hall–Kier alpha value is -2.90. The monoisotopic (exact) mass is 468 g/mol. The summed E-state index contributed by atoms with van der Waals surface area (Å²) in [5.74, 6) is -0.376. The molecule has 0 saturated carbocycles. The Balaban J connectivity index is 1.26. The summed E-state index contributed by atoms with van der Waals surface area (Å²) in [7, 11) is 0. The largest absolute Gasteiger partial charge is 0.340 e. The molecular formula is C25H29ClN4O3. The zero-order valence-electron chi connectivity index (χ0n) is 18.7. The Kier molecular flexibility index (Phi) is 7.30. The summed E-state index contributed by atoms with van der Waals surface area (Å²) in [5.41, 5.74) is 1.67. The molecule has 2 aliphatic heterocycles. The van der Waals surface area contributed by atoms with Gasteiger partial charge in [0.05, 0.1) is 29.2 Å². The molecule has 0 bridgehead atoms. The Morgan fingerprint density at radius 1 is 1.03 bits per heavy atom. The molecule has 2 saturated heterocycles. The molecule has 0 aromatic heterocycles. The highest BCUT2D eigenvalue weighted by Gasteiger charge is 2.39. The molecule has 1 N–H and O–H groups in total. The normalized spacial score (nSPS) is 20.1. The van der Waals surface area contributed by atoms with Crippen molar-refractivity contribution in [3.8, 4) is 0 Å². The minimum atomic E-state index is -0.307. The molecular weight excluding hydrogens is 440 g/mol. The molecule has 8 heteroatoms. The van der Waals surface area contributed by atoms with Crippen molar-refractivity contribution < 1.29 is 14.4 Å². The number of carbonyl (C=O) groups is 3. The fourth-order valence-electron chi connectivity index (χ4n) is 4.52. The van der Waals surface area contributed by atoms with Crippen LogP contribution >= 0.6 is 11.6 Å². The van der Waals surface area contributed by atoms with Crippen LogP contribution in [0.5, 0.6) is 0 Å². The Labute approximate surface area is 199 Å². The van der Waals surface area contributed by atoms with Crippen molar-refractivity contribution in [2.24, 2.45) is 5.92 Å². The van der Waals surface area contributed by atoms with Crippen LogP contribution in [0.2, 0.25) is 5.02 Å². The highest BCUT2D eigenvalue weighted by Crippen LogP contribution is 2.29. The quantitative estimate of drug-likeness (QED) is 0.707. The average molecular weight is 469 g/mol. The lowest BCUT2D eigenvalue weighted by molar-refractivity contribution is -0.137. The van der Waals surface area contributed by atoms with Crippen molar-refractivity contribution in [2.45, 2.75) is 19.4 Å². The molecule has 3 amide bonds. The van der Waals surface area contributed by atoms with Gasteiger partial charge in [0.25, 0.3) is 0 Å². The molecule has 33 heavy (non-hydrogen) atoms. The molecule has 4 rings (SSSR count). The fourth-order valence-corrected chi connectivity index (χ4v) is 4.71. The van der Waals surface area contributed by atoms with E-state index in [-0.39, 0.29) is 42.6 Å². The van der Waals surface area contributed by atoms with Crippen molar-refractivity contribution in [3.63, 3.8) is 0 Å². The summed E-state index contributed by atoms with van der Waals surface area (Å²) in [6.45, 7) is 5.05. The maximum Gasteiger partial charge on any atom is 0.238 e. The van der Waals surface area contributed by atoms with Crippen molar-refractivity contribution in [2.75, 3.05) is 44.6 Å². The minimum Gasteiger partial charge on any atom is -0.340 e. The highest BCUT2D eigenvalue weighted by molar-refractivity contribution is 6.33. The number of para-hydroxylation sites is 1. The van der Waals surface area contributed by atoms with E-state index in [2.05, 4.69) is 5.32 Å². The summed E-state index contributed by atoms with van der Waals surface area (Å²) in [6, 6.07) is 17.0. The smallest absolute Gasteiger partial charge is 0.238 e. The molecule has 2 heterocycles. The summed E-state index contributed by atoms with van der Waals surface area (Å²) in [6.07, 6.45) is 0.260. The molecule has 2 aromatic carbocycles. The van der Waals surface area contributed by atoms with E-state index in [9.17, 15) is 14.4 Å². The lowest BCUT2D eigenvalue weighted by atomic mass is 10.1. The number of rotatable bonds is 6. The van der Waals surface area contributed by atoms with Crippen LogP contribution in [0.15, 0.2) is 54.6 Å².